The quantitative estimate of drug-likeness (QED) is 0.778. The lowest BCUT2D eigenvalue weighted by Crippen LogP contribution is -2.59. The van der Waals surface area contributed by atoms with E-state index in [1.54, 1.807) is 4.90 Å². The van der Waals surface area contributed by atoms with Crippen molar-refractivity contribution in [1.82, 2.24) is 4.90 Å². The van der Waals surface area contributed by atoms with Gasteiger partial charge in [-0.15, -0.1) is 0 Å². The lowest BCUT2D eigenvalue weighted by molar-refractivity contribution is -0.142. The Hall–Kier alpha value is -1.30. The topological polar surface area (TPSA) is 81.9 Å². The minimum atomic E-state index is -0.748. The van der Waals surface area contributed by atoms with Crippen LogP contribution < -0.4 is 5.73 Å². The fourth-order valence-corrected chi connectivity index (χ4v) is 2.60. The van der Waals surface area contributed by atoms with Crippen LogP contribution in [0.25, 0.3) is 0 Å². The van der Waals surface area contributed by atoms with Gasteiger partial charge in [-0.25, -0.2) is 4.79 Å². The van der Waals surface area contributed by atoms with Gasteiger partial charge in [0.15, 0.2) is 0 Å². The van der Waals surface area contributed by atoms with Crippen LogP contribution in [0, 0.1) is 5.92 Å². The van der Waals surface area contributed by atoms with Crippen LogP contribution in [0.3, 0.4) is 0 Å². The zero-order valence-corrected chi connectivity index (χ0v) is 13.1. The summed E-state index contributed by atoms with van der Waals surface area (Å²) < 4.78 is 10.0. The van der Waals surface area contributed by atoms with E-state index in [1.165, 1.54) is 7.11 Å². The summed E-state index contributed by atoms with van der Waals surface area (Å²) in [6.45, 7) is 8.37. The summed E-state index contributed by atoms with van der Waals surface area (Å²) in [6, 6.07) is 0. The predicted molar refractivity (Wildman–Crippen MR) is 75.1 cm³/mol. The third-order valence-corrected chi connectivity index (χ3v) is 3.17. The zero-order chi connectivity index (χ0) is 15.6. The van der Waals surface area contributed by atoms with Gasteiger partial charge in [0, 0.05) is 18.6 Å². The first-order chi connectivity index (χ1) is 9.04. The Morgan fingerprint density at radius 3 is 2.50 bits per heavy atom. The van der Waals surface area contributed by atoms with Gasteiger partial charge in [0.1, 0.15) is 5.60 Å². The number of likely N-dealkylation sites (tertiary alicyclic amines) is 1. The van der Waals surface area contributed by atoms with E-state index >= 15 is 0 Å². The van der Waals surface area contributed by atoms with E-state index in [0.29, 0.717) is 19.5 Å². The van der Waals surface area contributed by atoms with E-state index in [2.05, 4.69) is 4.74 Å². The summed E-state index contributed by atoms with van der Waals surface area (Å²) in [5, 5.41) is 0. The van der Waals surface area contributed by atoms with E-state index in [9.17, 15) is 9.59 Å². The van der Waals surface area contributed by atoms with Crippen molar-refractivity contribution in [2.45, 2.75) is 51.7 Å². The third kappa shape index (κ3) is 5.00. The van der Waals surface area contributed by atoms with Crippen molar-refractivity contribution in [2.75, 3.05) is 20.2 Å². The second kappa shape index (κ2) is 5.99. The maximum absolute atomic E-state index is 12.1. The van der Waals surface area contributed by atoms with Crippen molar-refractivity contribution < 1.29 is 19.1 Å². The maximum atomic E-state index is 12.1. The van der Waals surface area contributed by atoms with E-state index in [0.717, 1.165) is 0 Å². The summed E-state index contributed by atoms with van der Waals surface area (Å²) >= 11 is 0. The number of hydrogen-bond acceptors (Lipinski definition) is 5. The molecule has 0 saturated carbocycles. The van der Waals surface area contributed by atoms with Gasteiger partial charge in [0.25, 0.3) is 0 Å². The number of piperidine rings is 1. The second-order valence-corrected chi connectivity index (χ2v) is 6.79. The van der Waals surface area contributed by atoms with Crippen LogP contribution in [0.5, 0.6) is 0 Å². The Kier molecular flexibility index (Phi) is 5.02. The molecular weight excluding hydrogens is 260 g/mol. The van der Waals surface area contributed by atoms with Gasteiger partial charge in [-0.05, 0) is 33.1 Å². The number of carbonyl (C=O) groups excluding carboxylic acids is 2. The fraction of sp³-hybridized carbons (Fsp3) is 0.857. The first-order valence-electron chi connectivity index (χ1n) is 6.88. The highest BCUT2D eigenvalue weighted by atomic mass is 16.6. The summed E-state index contributed by atoms with van der Waals surface area (Å²) in [7, 11) is 1.34. The Morgan fingerprint density at radius 2 is 2.00 bits per heavy atom. The molecule has 1 aliphatic rings. The van der Waals surface area contributed by atoms with Crippen molar-refractivity contribution in [3.05, 3.63) is 0 Å². The first-order valence-corrected chi connectivity index (χ1v) is 6.88. The monoisotopic (exact) mass is 286 g/mol. The molecule has 0 spiro atoms. The highest BCUT2D eigenvalue weighted by Crippen LogP contribution is 2.27. The summed E-state index contributed by atoms with van der Waals surface area (Å²) in [5.74, 6) is -0.142. The standard InChI is InChI=1S/C14H26N2O4/c1-10-6-14(15,7-11(17)19-5)9-16(8-10)12(18)20-13(2,3)4/h10H,6-9,15H2,1-5H3. The number of esters is 1. The van der Waals surface area contributed by atoms with Gasteiger partial charge in [-0.1, -0.05) is 6.92 Å². The van der Waals surface area contributed by atoms with Crippen molar-refractivity contribution in [1.29, 1.82) is 0 Å². The number of rotatable bonds is 2. The molecule has 1 fully saturated rings. The van der Waals surface area contributed by atoms with Crippen molar-refractivity contribution >= 4 is 12.1 Å². The van der Waals surface area contributed by atoms with E-state index in [4.69, 9.17) is 10.5 Å². The Bertz CT molecular complexity index is 378. The zero-order valence-electron chi connectivity index (χ0n) is 13.1. The molecule has 1 heterocycles. The van der Waals surface area contributed by atoms with Gasteiger partial charge >= 0.3 is 12.1 Å². The number of nitrogens with zero attached hydrogens (tertiary/aromatic N) is 1. The molecule has 0 aliphatic carbocycles. The van der Waals surface area contributed by atoms with Gasteiger partial charge in [-0.3, -0.25) is 4.79 Å². The molecule has 0 bridgehead atoms. The molecule has 116 valence electrons. The number of methoxy groups -OCH3 is 1. The van der Waals surface area contributed by atoms with Crippen LogP contribution in [-0.4, -0.2) is 48.3 Å². The van der Waals surface area contributed by atoms with Crippen LogP contribution in [0.4, 0.5) is 4.79 Å². The summed E-state index contributed by atoms with van der Waals surface area (Å²) in [6.07, 6.45) is 0.401. The van der Waals surface area contributed by atoms with E-state index < -0.39 is 11.1 Å². The Morgan fingerprint density at radius 1 is 1.40 bits per heavy atom. The molecule has 1 saturated heterocycles. The van der Waals surface area contributed by atoms with Crippen LogP contribution >= 0.6 is 0 Å². The number of amides is 1. The number of hydrogen-bond donors (Lipinski definition) is 1. The van der Waals surface area contributed by atoms with Gasteiger partial charge in [0.2, 0.25) is 0 Å². The molecule has 1 rings (SSSR count). The summed E-state index contributed by atoms with van der Waals surface area (Å²) in [5.41, 5.74) is 4.98. The SMILES string of the molecule is COC(=O)CC1(N)CC(C)CN(C(=O)OC(C)(C)C)C1. The lowest BCUT2D eigenvalue weighted by atomic mass is 9.82. The molecule has 0 aromatic carbocycles. The highest BCUT2D eigenvalue weighted by Gasteiger charge is 2.40. The van der Waals surface area contributed by atoms with Crippen molar-refractivity contribution in [3.63, 3.8) is 0 Å². The average molecular weight is 286 g/mol. The number of ether oxygens (including phenoxy) is 2. The van der Waals surface area contributed by atoms with Gasteiger partial charge < -0.3 is 20.1 Å². The van der Waals surface area contributed by atoms with Crippen LogP contribution in [-0.2, 0) is 14.3 Å². The van der Waals surface area contributed by atoms with Gasteiger partial charge in [0.05, 0.1) is 13.5 Å². The van der Waals surface area contributed by atoms with Crippen molar-refractivity contribution in [2.24, 2.45) is 11.7 Å². The van der Waals surface area contributed by atoms with Gasteiger partial charge in [-0.2, -0.15) is 0 Å². The predicted octanol–water partition coefficient (Wildman–Crippen LogP) is 1.52. The highest BCUT2D eigenvalue weighted by molar-refractivity contribution is 5.72. The third-order valence-electron chi connectivity index (χ3n) is 3.17. The smallest absolute Gasteiger partial charge is 0.410 e. The Balaban J connectivity index is 2.75. The molecule has 2 unspecified atom stereocenters. The molecule has 1 amide bonds. The Labute approximate surface area is 120 Å². The number of nitrogens with two attached hydrogens (primary N) is 1. The fourth-order valence-electron chi connectivity index (χ4n) is 2.60. The largest absolute Gasteiger partial charge is 0.469 e. The van der Waals surface area contributed by atoms with Crippen LogP contribution in [0.2, 0.25) is 0 Å². The molecule has 0 aromatic rings. The molecule has 6 heteroatoms. The minimum absolute atomic E-state index is 0.104. The molecular formula is C14H26N2O4. The molecule has 0 radical (unpaired) electrons. The second-order valence-electron chi connectivity index (χ2n) is 6.79. The maximum Gasteiger partial charge on any atom is 0.410 e. The van der Waals surface area contributed by atoms with Crippen LogP contribution in [0.1, 0.15) is 40.5 Å². The minimum Gasteiger partial charge on any atom is -0.469 e. The van der Waals surface area contributed by atoms with E-state index in [1.807, 2.05) is 27.7 Å². The average Bonchev–Trinajstić information content (AvgIpc) is 2.24. The van der Waals surface area contributed by atoms with E-state index in [-0.39, 0.29) is 24.4 Å². The normalized spacial score (nSPS) is 27.1. The number of carbonyl (C=O) groups is 2. The molecule has 2 N–H and O–H groups in total. The van der Waals surface area contributed by atoms with Crippen LogP contribution in [0.15, 0.2) is 0 Å². The van der Waals surface area contributed by atoms with Crippen molar-refractivity contribution in [3.8, 4) is 0 Å². The molecule has 0 aromatic heterocycles. The summed E-state index contributed by atoms with van der Waals surface area (Å²) in [4.78, 5) is 25.2. The first kappa shape index (κ1) is 16.8. The molecule has 20 heavy (non-hydrogen) atoms. The lowest BCUT2D eigenvalue weighted by Gasteiger charge is -2.42. The molecule has 2 atom stereocenters. The molecule has 1 aliphatic heterocycles. The molecule has 6 nitrogen and oxygen atoms in total.